The number of aromatic nitrogens is 1. The maximum atomic E-state index is 11.5. The quantitative estimate of drug-likeness (QED) is 0.185. The van der Waals surface area contributed by atoms with Crippen LogP contribution in [0.3, 0.4) is 0 Å². The summed E-state index contributed by atoms with van der Waals surface area (Å²) < 4.78 is 0. The van der Waals surface area contributed by atoms with Gasteiger partial charge in [-0.2, -0.15) is 11.8 Å². The van der Waals surface area contributed by atoms with E-state index in [1.54, 1.807) is 0 Å². The summed E-state index contributed by atoms with van der Waals surface area (Å²) in [5.41, 5.74) is 7.70. The van der Waals surface area contributed by atoms with Crippen molar-refractivity contribution in [1.82, 2.24) is 4.98 Å². The average Bonchev–Trinajstić information content (AvgIpc) is 3.70. The average molecular weight is 568 g/mol. The van der Waals surface area contributed by atoms with Crippen molar-refractivity contribution >= 4 is 58.0 Å². The highest BCUT2D eigenvalue weighted by Gasteiger charge is 2.44. The molecule has 0 amide bonds. The van der Waals surface area contributed by atoms with Crippen LogP contribution in [0.15, 0.2) is 85.4 Å². The first kappa shape index (κ1) is 28.2. The third kappa shape index (κ3) is 7.24. The van der Waals surface area contributed by atoms with Crippen LogP contribution in [0.2, 0.25) is 5.02 Å². The molecule has 3 nitrogen and oxygen atoms in total. The van der Waals surface area contributed by atoms with Crippen molar-refractivity contribution in [3.63, 3.8) is 0 Å². The molecule has 1 aliphatic rings. The van der Waals surface area contributed by atoms with Gasteiger partial charge in [-0.25, -0.2) is 4.98 Å². The molecule has 1 fully saturated rings. The number of aliphatic carboxylic acids is 1. The molecule has 4 aromatic rings. The van der Waals surface area contributed by atoms with Crippen LogP contribution in [0.5, 0.6) is 0 Å². The van der Waals surface area contributed by atoms with E-state index in [1.165, 1.54) is 16.7 Å². The van der Waals surface area contributed by atoms with Gasteiger partial charge in [0.25, 0.3) is 0 Å². The van der Waals surface area contributed by atoms with Gasteiger partial charge in [-0.1, -0.05) is 90.5 Å². The molecular formula is C35H34ClNO2S. The van der Waals surface area contributed by atoms with E-state index in [0.29, 0.717) is 5.02 Å². The molecule has 1 heterocycles. The van der Waals surface area contributed by atoms with Crippen molar-refractivity contribution in [2.45, 2.75) is 44.3 Å². The first-order chi connectivity index (χ1) is 19.3. The number of pyridine rings is 1. The Labute approximate surface area is 246 Å². The fourth-order valence-corrected chi connectivity index (χ4v) is 6.91. The molecule has 1 atom stereocenters. The second-order valence-corrected chi connectivity index (χ2v) is 12.6. The van der Waals surface area contributed by atoms with Gasteiger partial charge in [0.2, 0.25) is 0 Å². The Balaban J connectivity index is 1.36. The fourth-order valence-electron chi connectivity index (χ4n) is 5.18. The summed E-state index contributed by atoms with van der Waals surface area (Å²) in [6.45, 7) is 6.23. The summed E-state index contributed by atoms with van der Waals surface area (Å²) in [6, 6.07) is 27.0. The van der Waals surface area contributed by atoms with Gasteiger partial charge in [0, 0.05) is 21.4 Å². The minimum absolute atomic E-state index is 0.0491. The SMILES string of the molecule is C=C(C)c1ccccc1CC[C@@H](SCC1(CC(=O)O)CC1)c1cccc(/C=C/c2ccc3ccc(Cl)cc3n2)c1. The van der Waals surface area contributed by atoms with Crippen LogP contribution < -0.4 is 0 Å². The molecule has 204 valence electrons. The van der Waals surface area contributed by atoms with Gasteiger partial charge < -0.3 is 5.11 Å². The molecule has 0 aliphatic heterocycles. The maximum absolute atomic E-state index is 11.5. The lowest BCUT2D eigenvalue weighted by atomic mass is 9.96. The lowest BCUT2D eigenvalue weighted by Crippen LogP contribution is -2.12. The number of hydrogen-bond acceptors (Lipinski definition) is 3. The third-order valence-electron chi connectivity index (χ3n) is 7.63. The molecule has 5 heteroatoms. The lowest BCUT2D eigenvalue weighted by molar-refractivity contribution is -0.138. The van der Waals surface area contributed by atoms with E-state index in [4.69, 9.17) is 16.6 Å². The second kappa shape index (κ2) is 12.4. The Bertz CT molecular complexity index is 1570. The van der Waals surface area contributed by atoms with Crippen LogP contribution in [0.4, 0.5) is 0 Å². The molecule has 0 spiro atoms. The molecule has 1 N–H and O–H groups in total. The number of hydrogen-bond donors (Lipinski definition) is 1. The van der Waals surface area contributed by atoms with Crippen LogP contribution in [-0.2, 0) is 11.2 Å². The monoisotopic (exact) mass is 567 g/mol. The van der Waals surface area contributed by atoms with Crippen LogP contribution >= 0.6 is 23.4 Å². The van der Waals surface area contributed by atoms with E-state index in [0.717, 1.165) is 59.2 Å². The molecule has 3 aromatic carbocycles. The van der Waals surface area contributed by atoms with Gasteiger partial charge in [-0.15, -0.1) is 0 Å². The van der Waals surface area contributed by atoms with Crippen LogP contribution in [0.1, 0.15) is 65.8 Å². The zero-order valence-corrected chi connectivity index (χ0v) is 24.3. The van der Waals surface area contributed by atoms with Gasteiger partial charge >= 0.3 is 5.97 Å². The molecule has 0 unspecified atom stereocenters. The predicted octanol–water partition coefficient (Wildman–Crippen LogP) is 9.75. The zero-order chi connectivity index (χ0) is 28.1. The van der Waals surface area contributed by atoms with E-state index in [-0.39, 0.29) is 17.1 Å². The number of benzene rings is 3. The standard InChI is InChI=1S/C35H34ClNO2S/c1-24(2)31-9-4-3-7-26(31)13-17-33(40-23-35(18-19-35)22-34(38)39)28-8-5-6-25(20-28)10-15-30-16-12-27-11-14-29(36)21-32(27)37-30/h3-12,14-16,20-21,33H,1,13,17-19,22-23H2,2H3,(H,38,39)/b15-10+/t33-/m1/s1. The summed E-state index contributed by atoms with van der Waals surface area (Å²) in [7, 11) is 0. The number of carboxylic acid groups (broad SMARTS) is 1. The highest BCUT2D eigenvalue weighted by molar-refractivity contribution is 7.99. The number of rotatable bonds is 12. The van der Waals surface area contributed by atoms with E-state index in [1.807, 2.05) is 42.1 Å². The van der Waals surface area contributed by atoms with Crippen molar-refractivity contribution < 1.29 is 9.90 Å². The Morgan fingerprint density at radius 2 is 1.88 bits per heavy atom. The molecule has 1 aliphatic carbocycles. The number of carboxylic acids is 1. The number of allylic oxidation sites excluding steroid dienone is 1. The zero-order valence-electron chi connectivity index (χ0n) is 22.8. The van der Waals surface area contributed by atoms with Crippen molar-refractivity contribution in [3.8, 4) is 0 Å². The Morgan fingerprint density at radius 3 is 2.65 bits per heavy atom. The van der Waals surface area contributed by atoms with E-state index in [2.05, 4.69) is 74.2 Å². The number of aryl methyl sites for hydroxylation is 1. The summed E-state index contributed by atoms with van der Waals surface area (Å²) in [5, 5.41) is 11.4. The molecule has 1 aromatic heterocycles. The maximum Gasteiger partial charge on any atom is 0.303 e. The molecule has 5 rings (SSSR count). The normalized spacial score (nSPS) is 14.8. The molecule has 40 heavy (non-hydrogen) atoms. The van der Waals surface area contributed by atoms with Gasteiger partial charge in [0.05, 0.1) is 17.6 Å². The first-order valence-corrected chi connectivity index (χ1v) is 15.1. The largest absolute Gasteiger partial charge is 0.481 e. The summed E-state index contributed by atoms with van der Waals surface area (Å²) in [5.74, 6) is 0.178. The van der Waals surface area contributed by atoms with Crippen molar-refractivity contribution in [1.29, 1.82) is 0 Å². The number of halogens is 1. The van der Waals surface area contributed by atoms with Gasteiger partial charge in [-0.05, 0) is 84.6 Å². The van der Waals surface area contributed by atoms with E-state index < -0.39 is 5.97 Å². The second-order valence-electron chi connectivity index (χ2n) is 10.9. The summed E-state index contributed by atoms with van der Waals surface area (Å²) in [4.78, 5) is 16.2. The van der Waals surface area contributed by atoms with Crippen LogP contribution in [-0.4, -0.2) is 21.8 Å². The highest BCUT2D eigenvalue weighted by atomic mass is 35.5. The predicted molar refractivity (Wildman–Crippen MR) is 171 cm³/mol. The molecule has 0 radical (unpaired) electrons. The summed E-state index contributed by atoms with van der Waals surface area (Å²) >= 11 is 8.08. The van der Waals surface area contributed by atoms with Crippen molar-refractivity contribution in [2.24, 2.45) is 5.41 Å². The minimum atomic E-state index is -0.693. The number of nitrogens with zero attached hydrogens (tertiary/aromatic N) is 1. The smallest absolute Gasteiger partial charge is 0.303 e. The molecule has 1 saturated carbocycles. The highest BCUT2D eigenvalue weighted by Crippen LogP contribution is 2.53. The molecular weight excluding hydrogens is 534 g/mol. The van der Waals surface area contributed by atoms with E-state index >= 15 is 0 Å². The number of fused-ring (bicyclic) bond motifs is 1. The molecule has 0 saturated heterocycles. The minimum Gasteiger partial charge on any atom is -0.481 e. The number of thioether (sulfide) groups is 1. The van der Waals surface area contributed by atoms with Gasteiger partial charge in [0.1, 0.15) is 0 Å². The van der Waals surface area contributed by atoms with Gasteiger partial charge in [0.15, 0.2) is 0 Å². The summed E-state index contributed by atoms with van der Waals surface area (Å²) in [6.07, 6.45) is 8.32. The van der Waals surface area contributed by atoms with Gasteiger partial charge in [-0.3, -0.25) is 4.79 Å². The Kier molecular flexibility index (Phi) is 8.78. The molecule has 0 bridgehead atoms. The topological polar surface area (TPSA) is 50.2 Å². The first-order valence-electron chi connectivity index (χ1n) is 13.7. The fraction of sp³-hybridized carbons (Fsp3) is 0.257. The number of carbonyl (C=O) groups is 1. The van der Waals surface area contributed by atoms with Crippen molar-refractivity contribution in [2.75, 3.05) is 5.75 Å². The third-order valence-corrected chi connectivity index (χ3v) is 9.56. The van der Waals surface area contributed by atoms with E-state index in [9.17, 15) is 9.90 Å². The van der Waals surface area contributed by atoms with Crippen molar-refractivity contribution in [3.05, 3.63) is 118 Å². The van der Waals surface area contributed by atoms with Crippen LogP contribution in [0.25, 0.3) is 28.6 Å². The Morgan fingerprint density at radius 1 is 1.07 bits per heavy atom. The van der Waals surface area contributed by atoms with Crippen LogP contribution in [0, 0.1) is 5.41 Å². The Hall–Kier alpha value is -3.34. The lowest BCUT2D eigenvalue weighted by Gasteiger charge is -2.21.